The molecule has 0 aliphatic rings. The van der Waals surface area contributed by atoms with Crippen LogP contribution >= 0.6 is 0 Å². The van der Waals surface area contributed by atoms with Crippen LogP contribution in [0.3, 0.4) is 0 Å². The van der Waals surface area contributed by atoms with Gasteiger partial charge in [0.25, 0.3) is 0 Å². The van der Waals surface area contributed by atoms with Gasteiger partial charge in [-0.05, 0) is 18.7 Å². The number of carbonyl (C=O) groups is 1. The average molecular weight is 252 g/mol. The number of methoxy groups -OCH3 is 2. The molecule has 18 heavy (non-hydrogen) atoms. The molecule has 5 nitrogen and oxygen atoms in total. The van der Waals surface area contributed by atoms with Crippen LogP contribution in [-0.2, 0) is 16.0 Å². The number of ether oxygens (including phenoxy) is 2. The van der Waals surface area contributed by atoms with Gasteiger partial charge in [0.2, 0.25) is 0 Å². The molecule has 1 rings (SSSR count). The zero-order valence-electron chi connectivity index (χ0n) is 11.1. The van der Waals surface area contributed by atoms with Gasteiger partial charge in [-0.25, -0.2) is 4.79 Å². The number of nitrogens with zero attached hydrogens (tertiary/aromatic N) is 1. The molecule has 0 aromatic heterocycles. The fourth-order valence-corrected chi connectivity index (χ4v) is 1.72. The molecule has 0 aliphatic carbocycles. The Morgan fingerprint density at radius 1 is 1.39 bits per heavy atom. The maximum Gasteiger partial charge on any atom is 0.340 e. The minimum Gasteiger partial charge on any atom is -0.465 e. The van der Waals surface area contributed by atoms with E-state index in [0.29, 0.717) is 24.4 Å². The van der Waals surface area contributed by atoms with Crippen molar-refractivity contribution in [1.82, 2.24) is 4.90 Å². The van der Waals surface area contributed by atoms with E-state index in [9.17, 15) is 4.79 Å². The van der Waals surface area contributed by atoms with E-state index in [2.05, 4.69) is 4.90 Å². The van der Waals surface area contributed by atoms with Crippen LogP contribution in [-0.4, -0.2) is 45.3 Å². The first-order valence-electron chi connectivity index (χ1n) is 5.73. The Morgan fingerprint density at radius 3 is 2.72 bits per heavy atom. The molecule has 1 aromatic rings. The number of likely N-dealkylation sites (N-methyl/N-ethyl adjacent to an activating group) is 1. The van der Waals surface area contributed by atoms with Crippen molar-refractivity contribution < 1.29 is 14.3 Å². The third-order valence-corrected chi connectivity index (χ3v) is 2.69. The standard InChI is InChI=1S/C13H20N2O3/c1-15(7-8-17-2)9-10-5-4-6-11(14)12(10)13(16)18-3/h4-6H,7-9,14H2,1-3H3. The predicted octanol–water partition coefficient (Wildman–Crippen LogP) is 1.13. The first kappa shape index (κ1) is 14.5. The molecule has 0 heterocycles. The summed E-state index contributed by atoms with van der Waals surface area (Å²) in [5.41, 5.74) is 7.58. The quantitative estimate of drug-likeness (QED) is 0.607. The van der Waals surface area contributed by atoms with Crippen LogP contribution < -0.4 is 5.73 Å². The molecule has 0 aliphatic heterocycles. The van der Waals surface area contributed by atoms with Crippen LogP contribution in [0.1, 0.15) is 15.9 Å². The number of carbonyl (C=O) groups excluding carboxylic acids is 1. The highest BCUT2D eigenvalue weighted by Crippen LogP contribution is 2.19. The van der Waals surface area contributed by atoms with E-state index in [1.165, 1.54) is 7.11 Å². The third-order valence-electron chi connectivity index (χ3n) is 2.69. The fraction of sp³-hybridized carbons (Fsp3) is 0.462. The SMILES string of the molecule is COCCN(C)Cc1cccc(N)c1C(=O)OC. The molecule has 0 saturated carbocycles. The van der Waals surface area contributed by atoms with Crippen LogP contribution in [0.4, 0.5) is 5.69 Å². The van der Waals surface area contributed by atoms with Crippen molar-refractivity contribution >= 4 is 11.7 Å². The van der Waals surface area contributed by atoms with Crippen molar-refractivity contribution in [2.24, 2.45) is 0 Å². The van der Waals surface area contributed by atoms with Gasteiger partial charge >= 0.3 is 5.97 Å². The van der Waals surface area contributed by atoms with Crippen LogP contribution in [0.15, 0.2) is 18.2 Å². The molecule has 0 saturated heterocycles. The van der Waals surface area contributed by atoms with Crippen LogP contribution in [0.2, 0.25) is 0 Å². The molecule has 0 bridgehead atoms. The lowest BCUT2D eigenvalue weighted by atomic mass is 10.1. The first-order chi connectivity index (χ1) is 8.60. The number of esters is 1. The maximum absolute atomic E-state index is 11.7. The van der Waals surface area contributed by atoms with Gasteiger partial charge in [-0.2, -0.15) is 0 Å². The number of rotatable bonds is 6. The monoisotopic (exact) mass is 252 g/mol. The highest BCUT2D eigenvalue weighted by molar-refractivity contribution is 5.96. The number of nitrogens with two attached hydrogens (primary N) is 1. The van der Waals surface area contributed by atoms with Gasteiger partial charge in [0, 0.05) is 25.9 Å². The Morgan fingerprint density at radius 2 is 2.11 bits per heavy atom. The number of benzene rings is 1. The number of hydrogen-bond donors (Lipinski definition) is 1. The molecular weight excluding hydrogens is 232 g/mol. The molecule has 0 fully saturated rings. The van der Waals surface area contributed by atoms with E-state index in [4.69, 9.17) is 15.2 Å². The van der Waals surface area contributed by atoms with Crippen molar-refractivity contribution in [3.05, 3.63) is 29.3 Å². The number of anilines is 1. The summed E-state index contributed by atoms with van der Waals surface area (Å²) in [4.78, 5) is 13.8. The number of nitrogen functional groups attached to an aromatic ring is 1. The summed E-state index contributed by atoms with van der Waals surface area (Å²) in [5, 5.41) is 0. The summed E-state index contributed by atoms with van der Waals surface area (Å²) < 4.78 is 9.77. The van der Waals surface area contributed by atoms with Gasteiger partial charge < -0.3 is 15.2 Å². The fourth-order valence-electron chi connectivity index (χ4n) is 1.72. The third kappa shape index (κ3) is 3.72. The Labute approximate surface area is 107 Å². The lowest BCUT2D eigenvalue weighted by Crippen LogP contribution is -2.24. The molecule has 0 spiro atoms. The Balaban J connectivity index is 2.88. The Bertz CT molecular complexity index is 407. The topological polar surface area (TPSA) is 64.8 Å². The smallest absolute Gasteiger partial charge is 0.340 e. The average Bonchev–Trinajstić information content (AvgIpc) is 2.35. The van der Waals surface area contributed by atoms with E-state index in [-0.39, 0.29) is 0 Å². The first-order valence-corrected chi connectivity index (χ1v) is 5.73. The van der Waals surface area contributed by atoms with E-state index in [0.717, 1.165) is 12.1 Å². The van der Waals surface area contributed by atoms with E-state index in [1.807, 2.05) is 19.2 Å². The molecule has 0 atom stereocenters. The molecule has 0 unspecified atom stereocenters. The zero-order chi connectivity index (χ0) is 13.5. The summed E-state index contributed by atoms with van der Waals surface area (Å²) in [5.74, 6) is -0.400. The van der Waals surface area contributed by atoms with Gasteiger partial charge in [0.15, 0.2) is 0 Å². The summed E-state index contributed by atoms with van der Waals surface area (Å²) >= 11 is 0. The van der Waals surface area contributed by atoms with E-state index in [1.54, 1.807) is 13.2 Å². The minimum atomic E-state index is -0.400. The second-order valence-corrected chi connectivity index (χ2v) is 4.10. The normalized spacial score (nSPS) is 10.7. The molecule has 100 valence electrons. The Hall–Kier alpha value is -1.59. The largest absolute Gasteiger partial charge is 0.465 e. The van der Waals surface area contributed by atoms with Gasteiger partial charge in [-0.1, -0.05) is 12.1 Å². The highest BCUT2D eigenvalue weighted by Gasteiger charge is 2.16. The lowest BCUT2D eigenvalue weighted by molar-refractivity contribution is 0.0599. The predicted molar refractivity (Wildman–Crippen MR) is 70.4 cm³/mol. The summed E-state index contributed by atoms with van der Waals surface area (Å²) in [6.07, 6.45) is 0. The summed E-state index contributed by atoms with van der Waals surface area (Å²) in [6, 6.07) is 5.41. The summed E-state index contributed by atoms with van der Waals surface area (Å²) in [7, 11) is 4.98. The second kappa shape index (κ2) is 6.98. The lowest BCUT2D eigenvalue weighted by Gasteiger charge is -2.18. The van der Waals surface area contributed by atoms with Crippen molar-refractivity contribution in [2.45, 2.75) is 6.54 Å². The zero-order valence-corrected chi connectivity index (χ0v) is 11.1. The van der Waals surface area contributed by atoms with Crippen molar-refractivity contribution in [1.29, 1.82) is 0 Å². The molecule has 0 radical (unpaired) electrons. The van der Waals surface area contributed by atoms with Gasteiger partial charge in [0.1, 0.15) is 0 Å². The van der Waals surface area contributed by atoms with Crippen LogP contribution in [0.25, 0.3) is 0 Å². The molecule has 0 amide bonds. The van der Waals surface area contributed by atoms with E-state index >= 15 is 0 Å². The van der Waals surface area contributed by atoms with Crippen molar-refractivity contribution in [2.75, 3.05) is 40.2 Å². The van der Waals surface area contributed by atoms with Crippen molar-refractivity contribution in [3.8, 4) is 0 Å². The second-order valence-electron chi connectivity index (χ2n) is 4.10. The van der Waals surface area contributed by atoms with E-state index < -0.39 is 5.97 Å². The van der Waals surface area contributed by atoms with Crippen molar-refractivity contribution in [3.63, 3.8) is 0 Å². The van der Waals surface area contributed by atoms with Gasteiger partial charge in [-0.15, -0.1) is 0 Å². The molecule has 2 N–H and O–H groups in total. The summed E-state index contributed by atoms with van der Waals surface area (Å²) in [6.45, 7) is 2.05. The minimum absolute atomic E-state index is 0.400. The molecular formula is C13H20N2O3. The highest BCUT2D eigenvalue weighted by atomic mass is 16.5. The molecule has 5 heteroatoms. The maximum atomic E-state index is 11.7. The molecule has 1 aromatic carbocycles. The van der Waals surface area contributed by atoms with Crippen LogP contribution in [0, 0.1) is 0 Å². The Kier molecular flexibility index (Phi) is 5.61. The number of hydrogen-bond acceptors (Lipinski definition) is 5. The van der Waals surface area contributed by atoms with Crippen LogP contribution in [0.5, 0.6) is 0 Å². The van der Waals surface area contributed by atoms with Gasteiger partial charge in [-0.3, -0.25) is 4.90 Å². The van der Waals surface area contributed by atoms with Gasteiger partial charge in [0.05, 0.1) is 19.3 Å².